The highest BCUT2D eigenvalue weighted by molar-refractivity contribution is 9.11. The number of hydrogen-bond acceptors (Lipinski definition) is 4. The second-order valence-electron chi connectivity index (χ2n) is 8.81. The SMILES string of the molecule is CCCCCCCCc1c(Br)sc2c1C(=O)c1sc(Br)c(CCCCCCCC)c1C2=O. The molecule has 2 nitrogen and oxygen atoms in total. The number of halogens is 2. The Morgan fingerprint density at radius 2 is 0.906 bits per heavy atom. The molecule has 1 aliphatic carbocycles. The van der Waals surface area contributed by atoms with E-state index in [-0.39, 0.29) is 11.6 Å². The third-order valence-electron chi connectivity index (χ3n) is 6.34. The Kier molecular flexibility index (Phi) is 10.7. The van der Waals surface area contributed by atoms with Crippen LogP contribution in [0.4, 0.5) is 0 Å². The summed E-state index contributed by atoms with van der Waals surface area (Å²) in [7, 11) is 0. The van der Waals surface area contributed by atoms with Crippen LogP contribution in [0.15, 0.2) is 7.57 Å². The lowest BCUT2D eigenvalue weighted by Crippen LogP contribution is -2.19. The maximum Gasteiger partial charge on any atom is 0.205 e. The second-order valence-corrected chi connectivity index (χ2v) is 13.5. The minimum atomic E-state index is 0.0532. The van der Waals surface area contributed by atoms with E-state index in [2.05, 4.69) is 45.7 Å². The molecular formula is C26H34Br2O2S2. The largest absolute Gasteiger partial charge is 0.288 e. The molecule has 0 saturated carbocycles. The monoisotopic (exact) mass is 600 g/mol. The molecule has 32 heavy (non-hydrogen) atoms. The summed E-state index contributed by atoms with van der Waals surface area (Å²) in [5.74, 6) is 0.106. The molecule has 0 bridgehead atoms. The molecule has 0 unspecified atom stereocenters. The first-order valence-corrected chi connectivity index (χ1v) is 15.4. The van der Waals surface area contributed by atoms with Crippen molar-refractivity contribution in [1.29, 1.82) is 0 Å². The van der Waals surface area contributed by atoms with Crippen molar-refractivity contribution in [2.24, 2.45) is 0 Å². The highest BCUT2D eigenvalue weighted by Gasteiger charge is 2.38. The fourth-order valence-corrected chi connectivity index (χ4v) is 8.32. The van der Waals surface area contributed by atoms with Crippen LogP contribution in [0.2, 0.25) is 0 Å². The van der Waals surface area contributed by atoms with E-state index in [1.54, 1.807) is 0 Å². The van der Waals surface area contributed by atoms with Crippen LogP contribution >= 0.6 is 54.5 Å². The number of carbonyl (C=O) groups is 2. The van der Waals surface area contributed by atoms with Crippen LogP contribution in [-0.4, -0.2) is 11.6 Å². The summed E-state index contributed by atoms with van der Waals surface area (Å²) in [5.41, 5.74) is 3.44. The predicted octanol–water partition coefficient (Wildman–Crippen LogP) is 9.92. The zero-order chi connectivity index (χ0) is 23.1. The molecule has 2 aromatic heterocycles. The van der Waals surface area contributed by atoms with Crippen LogP contribution in [0.1, 0.15) is 132 Å². The van der Waals surface area contributed by atoms with Crippen LogP contribution in [0.5, 0.6) is 0 Å². The molecule has 0 radical (unpaired) electrons. The van der Waals surface area contributed by atoms with Gasteiger partial charge in [-0.15, -0.1) is 22.7 Å². The maximum absolute atomic E-state index is 13.5. The van der Waals surface area contributed by atoms with E-state index >= 15 is 0 Å². The van der Waals surface area contributed by atoms with E-state index in [1.165, 1.54) is 86.9 Å². The number of carbonyl (C=O) groups excluding carboxylic acids is 2. The third-order valence-corrected chi connectivity index (χ3v) is 10.3. The molecule has 0 amide bonds. The Balaban J connectivity index is 1.73. The van der Waals surface area contributed by atoms with Crippen LogP contribution in [0, 0.1) is 0 Å². The summed E-state index contributed by atoms with van der Waals surface area (Å²) in [6, 6.07) is 0. The fourth-order valence-electron chi connectivity index (χ4n) is 4.51. The van der Waals surface area contributed by atoms with E-state index < -0.39 is 0 Å². The lowest BCUT2D eigenvalue weighted by atomic mass is 9.88. The molecule has 0 spiro atoms. The van der Waals surface area contributed by atoms with Gasteiger partial charge in [-0.3, -0.25) is 9.59 Å². The first-order chi connectivity index (χ1) is 15.5. The van der Waals surface area contributed by atoms with Gasteiger partial charge >= 0.3 is 0 Å². The molecule has 0 N–H and O–H groups in total. The van der Waals surface area contributed by atoms with Gasteiger partial charge in [0, 0.05) is 11.1 Å². The molecule has 0 saturated heterocycles. The van der Waals surface area contributed by atoms with E-state index in [0.717, 1.165) is 44.4 Å². The van der Waals surface area contributed by atoms with E-state index in [0.29, 0.717) is 20.9 Å². The zero-order valence-corrected chi connectivity index (χ0v) is 24.1. The Hall–Kier alpha value is -0.300. The van der Waals surface area contributed by atoms with Crippen LogP contribution in [0.3, 0.4) is 0 Å². The average Bonchev–Trinajstić information content (AvgIpc) is 3.29. The molecule has 2 heterocycles. The molecule has 0 aromatic carbocycles. The third kappa shape index (κ3) is 6.03. The lowest BCUT2D eigenvalue weighted by Gasteiger charge is -2.14. The van der Waals surface area contributed by atoms with Gasteiger partial charge in [0.05, 0.1) is 17.3 Å². The van der Waals surface area contributed by atoms with Gasteiger partial charge in [-0.25, -0.2) is 0 Å². The van der Waals surface area contributed by atoms with Gasteiger partial charge in [0.25, 0.3) is 0 Å². The Labute approximate surface area is 217 Å². The van der Waals surface area contributed by atoms with Gasteiger partial charge in [0.2, 0.25) is 11.6 Å². The second kappa shape index (κ2) is 13.0. The van der Waals surface area contributed by atoms with Crippen LogP contribution < -0.4 is 0 Å². The van der Waals surface area contributed by atoms with Gasteiger partial charge in [-0.2, -0.15) is 0 Å². The summed E-state index contributed by atoms with van der Waals surface area (Å²) in [4.78, 5) is 28.3. The molecule has 2 aromatic rings. The smallest absolute Gasteiger partial charge is 0.205 e. The summed E-state index contributed by atoms with van der Waals surface area (Å²) >= 11 is 10.3. The standard InChI is InChI=1S/C26H34Br2O2S2/c1-3-5-7-9-11-13-15-17-19-21(29)24-20(22(30)23(19)31-25(17)27)18(26(28)32-24)16-14-12-10-8-6-4-2/h3-16H2,1-2H3. The molecule has 0 atom stereocenters. The Morgan fingerprint density at radius 3 is 1.28 bits per heavy atom. The topological polar surface area (TPSA) is 34.1 Å². The van der Waals surface area contributed by atoms with E-state index in [9.17, 15) is 9.59 Å². The van der Waals surface area contributed by atoms with Gasteiger partial charge in [-0.05, 0) is 68.7 Å². The summed E-state index contributed by atoms with van der Waals surface area (Å²) in [5, 5.41) is 0. The summed E-state index contributed by atoms with van der Waals surface area (Å²) in [6.07, 6.45) is 16.4. The van der Waals surface area contributed by atoms with Crippen molar-refractivity contribution < 1.29 is 9.59 Å². The summed E-state index contributed by atoms with van der Waals surface area (Å²) < 4.78 is 1.92. The van der Waals surface area contributed by atoms with Gasteiger partial charge in [0.15, 0.2) is 0 Å². The molecule has 176 valence electrons. The van der Waals surface area contributed by atoms with Crippen molar-refractivity contribution in [3.05, 3.63) is 39.6 Å². The number of rotatable bonds is 14. The molecule has 0 aliphatic heterocycles. The first-order valence-electron chi connectivity index (χ1n) is 12.2. The maximum atomic E-state index is 13.5. The molecule has 0 fully saturated rings. The minimum Gasteiger partial charge on any atom is -0.288 e. The van der Waals surface area contributed by atoms with Crippen molar-refractivity contribution in [2.75, 3.05) is 0 Å². The Bertz CT molecular complexity index is 866. The Morgan fingerprint density at radius 1 is 0.562 bits per heavy atom. The van der Waals surface area contributed by atoms with Crippen LogP contribution in [-0.2, 0) is 12.8 Å². The van der Waals surface area contributed by atoms with Crippen LogP contribution in [0.25, 0.3) is 0 Å². The van der Waals surface area contributed by atoms with Gasteiger partial charge in [0.1, 0.15) is 0 Å². The normalized spacial score (nSPS) is 13.0. The van der Waals surface area contributed by atoms with Crippen molar-refractivity contribution in [3.8, 4) is 0 Å². The molecule has 1 aliphatic rings. The molecule has 6 heteroatoms. The number of ketones is 2. The highest BCUT2D eigenvalue weighted by atomic mass is 79.9. The average molecular weight is 602 g/mol. The number of unbranched alkanes of at least 4 members (excludes halogenated alkanes) is 10. The quantitative estimate of drug-likeness (QED) is 0.172. The molecule has 3 rings (SSSR count). The highest BCUT2D eigenvalue weighted by Crippen LogP contribution is 2.45. The van der Waals surface area contributed by atoms with Crippen molar-refractivity contribution in [3.63, 3.8) is 0 Å². The van der Waals surface area contributed by atoms with Gasteiger partial charge in [-0.1, -0.05) is 78.1 Å². The van der Waals surface area contributed by atoms with Crippen molar-refractivity contribution in [2.45, 2.75) is 104 Å². The fraction of sp³-hybridized carbons (Fsp3) is 0.615. The predicted molar refractivity (Wildman–Crippen MR) is 145 cm³/mol. The number of hydrogen-bond donors (Lipinski definition) is 0. The van der Waals surface area contributed by atoms with Gasteiger partial charge < -0.3 is 0 Å². The zero-order valence-electron chi connectivity index (χ0n) is 19.3. The van der Waals surface area contributed by atoms with E-state index in [1.807, 2.05) is 0 Å². The lowest BCUT2D eigenvalue weighted by molar-refractivity contribution is 0.0984. The number of fused-ring (bicyclic) bond motifs is 2. The number of thiophene rings is 2. The first kappa shape index (κ1) is 26.3. The molecular weight excluding hydrogens is 568 g/mol. The minimum absolute atomic E-state index is 0.0532. The van der Waals surface area contributed by atoms with E-state index in [4.69, 9.17) is 0 Å². The summed E-state index contributed by atoms with van der Waals surface area (Å²) in [6.45, 7) is 4.46. The van der Waals surface area contributed by atoms with Crippen molar-refractivity contribution >= 4 is 66.1 Å². The van der Waals surface area contributed by atoms with Crippen molar-refractivity contribution in [1.82, 2.24) is 0 Å².